The lowest BCUT2D eigenvalue weighted by Gasteiger charge is -2.07. The zero-order valence-electron chi connectivity index (χ0n) is 12.8. The number of nitrogens with zero attached hydrogens (tertiary/aromatic N) is 2. The van der Waals surface area contributed by atoms with E-state index in [2.05, 4.69) is 4.98 Å². The van der Waals surface area contributed by atoms with Crippen LogP contribution in [0.3, 0.4) is 0 Å². The Hall–Kier alpha value is -2.36. The number of alkyl halides is 3. The Bertz CT molecular complexity index is 873. The molecule has 0 aliphatic carbocycles. The molecule has 10 heteroatoms. The van der Waals surface area contributed by atoms with Gasteiger partial charge < -0.3 is 4.57 Å². The van der Waals surface area contributed by atoms with E-state index < -0.39 is 27.9 Å². The molecule has 0 aliphatic rings. The molecule has 2 aromatic rings. The maximum Gasteiger partial charge on any atom is 0.404 e. The molecule has 1 N–H and O–H groups in total. The van der Waals surface area contributed by atoms with Crippen LogP contribution in [-0.4, -0.2) is 35.8 Å². The highest BCUT2D eigenvalue weighted by Gasteiger charge is 2.36. The second-order valence-corrected chi connectivity index (χ2v) is 6.90. The van der Waals surface area contributed by atoms with Crippen molar-refractivity contribution >= 4 is 15.9 Å². The molecule has 24 heavy (non-hydrogen) atoms. The lowest BCUT2D eigenvalue weighted by Crippen LogP contribution is -2.37. The highest BCUT2D eigenvalue weighted by Crippen LogP contribution is 2.22. The van der Waals surface area contributed by atoms with E-state index in [-0.39, 0.29) is 5.69 Å². The third kappa shape index (κ3) is 4.34. The summed E-state index contributed by atoms with van der Waals surface area (Å²) in [6.45, 7) is 1.83. The SMILES string of the molecule is Cc1ccccc1-c1nc(C(=O)NS(=O)(=O)CC(F)(F)F)cn1C. The third-order valence-electron chi connectivity index (χ3n) is 3.10. The van der Waals surface area contributed by atoms with Crippen molar-refractivity contribution in [3.63, 3.8) is 0 Å². The first kappa shape index (κ1) is 18.0. The van der Waals surface area contributed by atoms with Crippen LogP contribution < -0.4 is 4.72 Å². The standard InChI is InChI=1S/C14H14F3N3O3S/c1-9-5-3-4-6-10(9)12-18-11(7-20(12)2)13(21)19-24(22,23)8-14(15,16)17/h3-7H,8H2,1-2H3,(H,19,21). The Morgan fingerprint density at radius 1 is 1.29 bits per heavy atom. The Morgan fingerprint density at radius 3 is 2.50 bits per heavy atom. The number of nitrogens with one attached hydrogen (secondary N) is 1. The largest absolute Gasteiger partial charge is 0.404 e. The van der Waals surface area contributed by atoms with Gasteiger partial charge in [0.05, 0.1) is 0 Å². The Morgan fingerprint density at radius 2 is 1.92 bits per heavy atom. The number of aryl methyl sites for hydroxylation is 2. The second kappa shape index (κ2) is 6.27. The minimum absolute atomic E-state index is 0.290. The van der Waals surface area contributed by atoms with Crippen LogP contribution in [0.5, 0.6) is 0 Å². The molecule has 6 nitrogen and oxygen atoms in total. The van der Waals surface area contributed by atoms with Crippen LogP contribution in [0.4, 0.5) is 13.2 Å². The van der Waals surface area contributed by atoms with Gasteiger partial charge in [-0.15, -0.1) is 0 Å². The summed E-state index contributed by atoms with van der Waals surface area (Å²) in [7, 11) is -3.24. The summed E-state index contributed by atoms with van der Waals surface area (Å²) in [5, 5.41) is 0. The van der Waals surface area contributed by atoms with Gasteiger partial charge >= 0.3 is 6.18 Å². The molecule has 0 fully saturated rings. The van der Waals surface area contributed by atoms with Crippen LogP contribution in [0.1, 0.15) is 16.1 Å². The molecule has 0 atom stereocenters. The first-order chi connectivity index (χ1) is 11.0. The number of hydrogen-bond acceptors (Lipinski definition) is 4. The number of amides is 1. The average molecular weight is 361 g/mol. The summed E-state index contributed by atoms with van der Waals surface area (Å²) >= 11 is 0. The molecule has 0 saturated heterocycles. The maximum absolute atomic E-state index is 12.2. The molecule has 1 heterocycles. The molecule has 0 saturated carbocycles. The van der Waals surface area contributed by atoms with Crippen molar-refractivity contribution in [2.24, 2.45) is 7.05 Å². The van der Waals surface area contributed by atoms with Crippen LogP contribution in [0.15, 0.2) is 30.5 Å². The van der Waals surface area contributed by atoms with Crippen molar-refractivity contribution in [3.05, 3.63) is 41.7 Å². The number of hydrogen-bond donors (Lipinski definition) is 1. The maximum atomic E-state index is 12.2. The van der Waals surface area contributed by atoms with E-state index in [1.165, 1.54) is 15.5 Å². The minimum atomic E-state index is -4.94. The van der Waals surface area contributed by atoms with Crippen molar-refractivity contribution in [2.75, 3.05) is 5.75 Å². The summed E-state index contributed by atoms with van der Waals surface area (Å²) < 4.78 is 62.1. The summed E-state index contributed by atoms with van der Waals surface area (Å²) in [6.07, 6.45) is -3.69. The topological polar surface area (TPSA) is 81.1 Å². The molecule has 1 aromatic carbocycles. The van der Waals surface area contributed by atoms with Gasteiger partial charge in [0.2, 0.25) is 10.0 Å². The van der Waals surface area contributed by atoms with Gasteiger partial charge in [-0.25, -0.2) is 18.1 Å². The van der Waals surface area contributed by atoms with E-state index >= 15 is 0 Å². The number of aromatic nitrogens is 2. The average Bonchev–Trinajstić information content (AvgIpc) is 2.78. The van der Waals surface area contributed by atoms with Crippen molar-refractivity contribution < 1.29 is 26.4 Å². The minimum Gasteiger partial charge on any atom is -0.333 e. The van der Waals surface area contributed by atoms with Crippen molar-refractivity contribution in [2.45, 2.75) is 13.1 Å². The normalized spacial score (nSPS) is 12.2. The number of benzene rings is 1. The highest BCUT2D eigenvalue weighted by molar-refractivity contribution is 7.90. The monoisotopic (exact) mass is 361 g/mol. The number of rotatable bonds is 4. The lowest BCUT2D eigenvalue weighted by atomic mass is 10.1. The molecule has 0 unspecified atom stereocenters. The van der Waals surface area contributed by atoms with Gasteiger partial charge in [0.25, 0.3) is 5.91 Å². The molecule has 130 valence electrons. The van der Waals surface area contributed by atoms with E-state index in [4.69, 9.17) is 0 Å². The quantitative estimate of drug-likeness (QED) is 0.903. The van der Waals surface area contributed by atoms with Crippen molar-refractivity contribution in [1.29, 1.82) is 0 Å². The number of carbonyl (C=O) groups is 1. The number of halogens is 3. The Balaban J connectivity index is 2.27. The van der Waals surface area contributed by atoms with Crippen LogP contribution >= 0.6 is 0 Å². The zero-order valence-corrected chi connectivity index (χ0v) is 13.6. The number of imidazole rings is 1. The van der Waals surface area contributed by atoms with E-state index in [9.17, 15) is 26.4 Å². The van der Waals surface area contributed by atoms with Gasteiger partial charge in [-0.2, -0.15) is 13.2 Å². The Kier molecular flexibility index (Phi) is 4.70. The molecule has 0 bridgehead atoms. The van der Waals surface area contributed by atoms with E-state index in [1.54, 1.807) is 19.2 Å². The van der Waals surface area contributed by atoms with E-state index in [0.29, 0.717) is 5.82 Å². The summed E-state index contributed by atoms with van der Waals surface area (Å²) in [5.74, 6) is -2.95. The third-order valence-corrected chi connectivity index (χ3v) is 4.30. The van der Waals surface area contributed by atoms with E-state index in [0.717, 1.165) is 11.1 Å². The highest BCUT2D eigenvalue weighted by atomic mass is 32.2. The number of sulfonamides is 1. The molecule has 0 radical (unpaired) electrons. The van der Waals surface area contributed by atoms with Crippen LogP contribution in [0.25, 0.3) is 11.4 Å². The molecule has 1 amide bonds. The fraction of sp³-hybridized carbons (Fsp3) is 0.286. The molecule has 0 spiro atoms. The summed E-state index contributed by atoms with van der Waals surface area (Å²) in [5.41, 5.74) is 1.31. The Labute approximate surface area is 136 Å². The van der Waals surface area contributed by atoms with Crippen molar-refractivity contribution in [1.82, 2.24) is 14.3 Å². The fourth-order valence-electron chi connectivity index (χ4n) is 2.09. The molecule has 2 rings (SSSR count). The smallest absolute Gasteiger partial charge is 0.333 e. The van der Waals surface area contributed by atoms with Gasteiger partial charge in [-0.1, -0.05) is 24.3 Å². The fourth-order valence-corrected chi connectivity index (χ4v) is 2.99. The first-order valence-electron chi connectivity index (χ1n) is 6.69. The predicted molar refractivity (Wildman–Crippen MR) is 80.7 cm³/mol. The lowest BCUT2D eigenvalue weighted by molar-refractivity contribution is -0.106. The summed E-state index contributed by atoms with van der Waals surface area (Å²) in [4.78, 5) is 15.9. The number of carbonyl (C=O) groups excluding carboxylic acids is 1. The van der Waals surface area contributed by atoms with Gasteiger partial charge in [-0.3, -0.25) is 4.79 Å². The van der Waals surface area contributed by atoms with Gasteiger partial charge in [0, 0.05) is 18.8 Å². The van der Waals surface area contributed by atoms with Gasteiger partial charge in [0.1, 0.15) is 11.5 Å². The van der Waals surface area contributed by atoms with Crippen LogP contribution in [-0.2, 0) is 17.1 Å². The second-order valence-electron chi connectivity index (χ2n) is 5.18. The zero-order chi connectivity index (χ0) is 18.1. The van der Waals surface area contributed by atoms with Crippen molar-refractivity contribution in [3.8, 4) is 11.4 Å². The molecule has 0 aliphatic heterocycles. The predicted octanol–water partition coefficient (Wildman–Crippen LogP) is 2.02. The van der Waals surface area contributed by atoms with Crippen LogP contribution in [0, 0.1) is 6.92 Å². The molecular weight excluding hydrogens is 347 g/mol. The molecule has 1 aromatic heterocycles. The molecular formula is C14H14F3N3O3S. The van der Waals surface area contributed by atoms with Crippen LogP contribution in [0.2, 0.25) is 0 Å². The van der Waals surface area contributed by atoms with E-state index in [1.807, 2.05) is 19.1 Å². The van der Waals surface area contributed by atoms with Gasteiger partial charge in [0.15, 0.2) is 5.75 Å². The summed E-state index contributed by atoms with van der Waals surface area (Å²) in [6, 6.07) is 7.18. The van der Waals surface area contributed by atoms with Gasteiger partial charge in [-0.05, 0) is 12.5 Å². The first-order valence-corrected chi connectivity index (χ1v) is 8.35.